The third-order valence-corrected chi connectivity index (χ3v) is 5.51. The molecule has 2 amide bonds. The predicted octanol–water partition coefficient (Wildman–Crippen LogP) is 1.62. The van der Waals surface area contributed by atoms with E-state index in [-0.39, 0.29) is 23.8 Å². The van der Waals surface area contributed by atoms with Crippen LogP contribution < -0.4 is 5.32 Å². The highest BCUT2D eigenvalue weighted by Gasteiger charge is 2.29. The second kappa shape index (κ2) is 8.52. The molecule has 0 unspecified atom stereocenters. The number of aromatic nitrogens is 3. The average Bonchev–Trinajstić information content (AvgIpc) is 3.25. The van der Waals surface area contributed by atoms with Gasteiger partial charge in [0.15, 0.2) is 0 Å². The summed E-state index contributed by atoms with van der Waals surface area (Å²) >= 11 is 0. The van der Waals surface area contributed by atoms with Gasteiger partial charge in [-0.15, -0.1) is 0 Å². The lowest BCUT2D eigenvalue weighted by Crippen LogP contribution is -2.46. The Morgan fingerprint density at radius 2 is 1.82 bits per heavy atom. The number of nitrogens with one attached hydrogen (secondary N) is 2. The molecule has 148 valence electrons. The Labute approximate surface area is 163 Å². The second-order valence-corrected chi connectivity index (χ2v) is 7.36. The van der Waals surface area contributed by atoms with E-state index in [4.69, 9.17) is 4.74 Å². The quantitative estimate of drug-likeness (QED) is 0.836. The summed E-state index contributed by atoms with van der Waals surface area (Å²) in [5.74, 6) is 0.0117. The summed E-state index contributed by atoms with van der Waals surface area (Å²) in [6.07, 6.45) is 6.52. The highest BCUT2D eigenvalue weighted by molar-refractivity contribution is 5.93. The standard InChI is InChI=1S/C20H25N5O3/c26-19(22-16-5-11-28-12-6-16)15-3-9-25(10-4-15)20(27)18-13-17(23-24-18)14-1-7-21-8-2-14/h1-2,7-8,13,15-16H,3-6,9-12H2,(H,22,26)(H,23,24). The van der Waals surface area contributed by atoms with Crippen molar-refractivity contribution in [1.82, 2.24) is 25.4 Å². The molecule has 8 heteroatoms. The van der Waals surface area contributed by atoms with Crippen molar-refractivity contribution in [3.05, 3.63) is 36.3 Å². The minimum Gasteiger partial charge on any atom is -0.381 e. The molecule has 0 saturated carbocycles. The van der Waals surface area contributed by atoms with Crippen LogP contribution in [0.2, 0.25) is 0 Å². The van der Waals surface area contributed by atoms with Crippen molar-refractivity contribution >= 4 is 11.8 Å². The molecule has 2 N–H and O–H groups in total. The van der Waals surface area contributed by atoms with Crippen LogP contribution in [0.4, 0.5) is 0 Å². The van der Waals surface area contributed by atoms with Crippen LogP contribution in [0.1, 0.15) is 36.2 Å². The average molecular weight is 383 g/mol. The fourth-order valence-electron chi connectivity index (χ4n) is 3.78. The Hall–Kier alpha value is -2.74. The molecule has 2 aromatic rings. The summed E-state index contributed by atoms with van der Waals surface area (Å²) < 4.78 is 5.33. The van der Waals surface area contributed by atoms with Crippen LogP contribution >= 0.6 is 0 Å². The highest BCUT2D eigenvalue weighted by atomic mass is 16.5. The van der Waals surface area contributed by atoms with E-state index in [1.54, 1.807) is 23.4 Å². The summed E-state index contributed by atoms with van der Waals surface area (Å²) in [5.41, 5.74) is 2.10. The van der Waals surface area contributed by atoms with Gasteiger partial charge in [-0.05, 0) is 43.9 Å². The minimum atomic E-state index is -0.0731. The monoisotopic (exact) mass is 383 g/mol. The van der Waals surface area contributed by atoms with E-state index >= 15 is 0 Å². The van der Waals surface area contributed by atoms with Crippen LogP contribution in [0.3, 0.4) is 0 Å². The van der Waals surface area contributed by atoms with Crippen LogP contribution in [-0.2, 0) is 9.53 Å². The maximum Gasteiger partial charge on any atom is 0.271 e. The molecule has 4 heterocycles. The molecular formula is C20H25N5O3. The molecule has 0 radical (unpaired) electrons. The zero-order chi connectivity index (χ0) is 19.3. The molecule has 0 aromatic carbocycles. The third kappa shape index (κ3) is 4.22. The van der Waals surface area contributed by atoms with Crippen LogP contribution in [0.15, 0.2) is 30.6 Å². The Bertz CT molecular complexity index is 808. The minimum absolute atomic E-state index is 0.0268. The van der Waals surface area contributed by atoms with Crippen LogP contribution in [0, 0.1) is 5.92 Å². The van der Waals surface area contributed by atoms with Gasteiger partial charge in [-0.3, -0.25) is 19.7 Å². The Balaban J connectivity index is 1.30. The lowest BCUT2D eigenvalue weighted by atomic mass is 9.95. The molecule has 2 aromatic heterocycles. The second-order valence-electron chi connectivity index (χ2n) is 7.36. The van der Waals surface area contributed by atoms with E-state index in [1.807, 2.05) is 12.1 Å². The number of amides is 2. The van der Waals surface area contributed by atoms with E-state index in [0.717, 1.165) is 24.1 Å². The van der Waals surface area contributed by atoms with Crippen molar-refractivity contribution in [3.8, 4) is 11.3 Å². The predicted molar refractivity (Wildman–Crippen MR) is 102 cm³/mol. The van der Waals surface area contributed by atoms with Crippen LogP contribution in [0.25, 0.3) is 11.3 Å². The number of hydrogen-bond donors (Lipinski definition) is 2. The third-order valence-electron chi connectivity index (χ3n) is 5.51. The summed E-state index contributed by atoms with van der Waals surface area (Å²) in [6, 6.07) is 5.69. The van der Waals surface area contributed by atoms with E-state index in [9.17, 15) is 9.59 Å². The lowest BCUT2D eigenvalue weighted by Gasteiger charge is -2.32. The van der Waals surface area contributed by atoms with Crippen molar-refractivity contribution in [3.63, 3.8) is 0 Å². The topological polar surface area (TPSA) is 100 Å². The number of likely N-dealkylation sites (tertiary alicyclic amines) is 1. The van der Waals surface area contributed by atoms with Crippen molar-refractivity contribution in [2.24, 2.45) is 5.92 Å². The Morgan fingerprint density at radius 1 is 1.11 bits per heavy atom. The number of piperidine rings is 1. The van der Waals surface area contributed by atoms with E-state index < -0.39 is 0 Å². The molecule has 0 bridgehead atoms. The Morgan fingerprint density at radius 3 is 2.54 bits per heavy atom. The van der Waals surface area contributed by atoms with Crippen LogP contribution in [-0.4, -0.2) is 64.2 Å². The van der Waals surface area contributed by atoms with Gasteiger partial charge in [0, 0.05) is 56.2 Å². The van der Waals surface area contributed by atoms with Gasteiger partial charge in [0.2, 0.25) is 5.91 Å². The summed E-state index contributed by atoms with van der Waals surface area (Å²) in [7, 11) is 0. The molecule has 0 spiro atoms. The zero-order valence-electron chi connectivity index (χ0n) is 15.8. The number of hydrogen-bond acceptors (Lipinski definition) is 5. The Kier molecular flexibility index (Phi) is 5.66. The molecule has 2 aliphatic heterocycles. The summed E-state index contributed by atoms with van der Waals surface area (Å²) in [6.45, 7) is 2.58. The first-order valence-corrected chi connectivity index (χ1v) is 9.84. The first-order chi connectivity index (χ1) is 13.7. The number of ether oxygens (including phenoxy) is 1. The highest BCUT2D eigenvalue weighted by Crippen LogP contribution is 2.22. The molecule has 0 atom stereocenters. The van der Waals surface area contributed by atoms with Gasteiger partial charge >= 0.3 is 0 Å². The molecule has 8 nitrogen and oxygen atoms in total. The van der Waals surface area contributed by atoms with Gasteiger partial charge in [0.1, 0.15) is 5.69 Å². The number of carbonyl (C=O) groups excluding carboxylic acids is 2. The van der Waals surface area contributed by atoms with Crippen molar-refractivity contribution in [2.75, 3.05) is 26.3 Å². The summed E-state index contributed by atoms with van der Waals surface area (Å²) in [4.78, 5) is 31.0. The molecule has 2 fully saturated rings. The number of carbonyl (C=O) groups is 2. The van der Waals surface area contributed by atoms with Gasteiger partial charge in [-0.1, -0.05) is 0 Å². The van der Waals surface area contributed by atoms with Gasteiger partial charge in [-0.25, -0.2) is 0 Å². The van der Waals surface area contributed by atoms with Crippen molar-refractivity contribution < 1.29 is 14.3 Å². The molecule has 2 aliphatic rings. The number of nitrogens with zero attached hydrogens (tertiary/aromatic N) is 3. The van der Waals surface area contributed by atoms with Gasteiger partial charge in [0.05, 0.1) is 5.69 Å². The number of aromatic amines is 1. The van der Waals surface area contributed by atoms with Gasteiger partial charge in [-0.2, -0.15) is 5.10 Å². The first kappa shape index (κ1) is 18.6. The zero-order valence-corrected chi connectivity index (χ0v) is 15.8. The first-order valence-electron chi connectivity index (χ1n) is 9.84. The maximum absolute atomic E-state index is 12.8. The van der Waals surface area contributed by atoms with E-state index in [0.29, 0.717) is 44.8 Å². The molecule has 4 rings (SSSR count). The molecule has 0 aliphatic carbocycles. The fraction of sp³-hybridized carbons (Fsp3) is 0.500. The normalized spacial score (nSPS) is 18.8. The van der Waals surface area contributed by atoms with Crippen molar-refractivity contribution in [2.45, 2.75) is 31.7 Å². The van der Waals surface area contributed by atoms with Crippen LogP contribution in [0.5, 0.6) is 0 Å². The van der Waals surface area contributed by atoms with E-state index in [1.165, 1.54) is 0 Å². The van der Waals surface area contributed by atoms with Gasteiger partial charge < -0.3 is 15.0 Å². The molecular weight excluding hydrogens is 358 g/mol. The molecule has 2 saturated heterocycles. The number of H-pyrrole nitrogens is 1. The number of pyridine rings is 1. The van der Waals surface area contributed by atoms with E-state index in [2.05, 4.69) is 20.5 Å². The summed E-state index contributed by atoms with van der Waals surface area (Å²) in [5, 5.41) is 10.2. The fourth-order valence-corrected chi connectivity index (χ4v) is 3.78. The SMILES string of the molecule is O=C(NC1CCOCC1)C1CCN(C(=O)c2cc(-c3ccncc3)n[nH]2)CC1. The van der Waals surface area contributed by atoms with Crippen molar-refractivity contribution in [1.29, 1.82) is 0 Å². The van der Waals surface area contributed by atoms with Gasteiger partial charge in [0.25, 0.3) is 5.91 Å². The smallest absolute Gasteiger partial charge is 0.271 e. The molecule has 28 heavy (non-hydrogen) atoms. The lowest BCUT2D eigenvalue weighted by molar-refractivity contribution is -0.127. The largest absolute Gasteiger partial charge is 0.381 e. The number of rotatable bonds is 4. The maximum atomic E-state index is 12.8.